The highest BCUT2D eigenvalue weighted by molar-refractivity contribution is 5.29. The van der Waals surface area contributed by atoms with E-state index < -0.39 is 0 Å². The summed E-state index contributed by atoms with van der Waals surface area (Å²) in [5, 5.41) is 3.47. The van der Waals surface area contributed by atoms with Crippen LogP contribution in [0.15, 0.2) is 12.1 Å². The highest BCUT2D eigenvalue weighted by Gasteiger charge is 2.21. The highest BCUT2D eigenvalue weighted by atomic mass is 16.5. The van der Waals surface area contributed by atoms with Gasteiger partial charge in [0.05, 0.1) is 12.3 Å². The zero-order chi connectivity index (χ0) is 11.4. The second-order valence-corrected chi connectivity index (χ2v) is 4.40. The zero-order valence-corrected chi connectivity index (χ0v) is 10.1. The fourth-order valence-corrected chi connectivity index (χ4v) is 1.60. The van der Waals surface area contributed by atoms with Crippen molar-refractivity contribution in [3.63, 3.8) is 0 Å². The van der Waals surface area contributed by atoms with Gasteiger partial charge in [-0.15, -0.1) is 0 Å². The number of pyridine rings is 1. The average molecular weight is 220 g/mol. The molecule has 0 bridgehead atoms. The molecule has 0 aliphatic heterocycles. The standard InChI is InChI=1S/C13H20N2O/c1-3-8-16-13-7-4-10(2)15-12(13)9-14-11-5-6-11/h4,7,11,14H,3,5-6,8-9H2,1-2H3. The maximum Gasteiger partial charge on any atom is 0.142 e. The normalized spacial score (nSPS) is 15.1. The maximum absolute atomic E-state index is 5.69. The molecule has 2 rings (SSSR count). The van der Waals surface area contributed by atoms with E-state index in [-0.39, 0.29) is 0 Å². The largest absolute Gasteiger partial charge is 0.492 e. The van der Waals surface area contributed by atoms with Crippen molar-refractivity contribution in [3.05, 3.63) is 23.5 Å². The van der Waals surface area contributed by atoms with E-state index in [1.54, 1.807) is 0 Å². The molecule has 16 heavy (non-hydrogen) atoms. The lowest BCUT2D eigenvalue weighted by Gasteiger charge is -2.11. The Hall–Kier alpha value is -1.09. The van der Waals surface area contributed by atoms with E-state index in [4.69, 9.17) is 4.74 Å². The molecule has 1 aromatic heterocycles. The van der Waals surface area contributed by atoms with Gasteiger partial charge in [-0.1, -0.05) is 6.92 Å². The van der Waals surface area contributed by atoms with E-state index in [2.05, 4.69) is 17.2 Å². The van der Waals surface area contributed by atoms with Gasteiger partial charge in [-0.3, -0.25) is 4.98 Å². The molecule has 1 aromatic rings. The number of hydrogen-bond donors (Lipinski definition) is 1. The number of aryl methyl sites for hydroxylation is 1. The van der Waals surface area contributed by atoms with Gasteiger partial charge in [-0.25, -0.2) is 0 Å². The molecule has 3 heteroatoms. The first-order valence-corrected chi connectivity index (χ1v) is 6.12. The van der Waals surface area contributed by atoms with Gasteiger partial charge in [0, 0.05) is 18.3 Å². The number of rotatable bonds is 6. The predicted molar refractivity (Wildman–Crippen MR) is 64.6 cm³/mol. The van der Waals surface area contributed by atoms with Crippen LogP contribution in [-0.2, 0) is 6.54 Å². The Morgan fingerprint density at radius 3 is 2.94 bits per heavy atom. The van der Waals surface area contributed by atoms with E-state index in [0.29, 0.717) is 6.04 Å². The molecule has 0 radical (unpaired) electrons. The van der Waals surface area contributed by atoms with Crippen molar-refractivity contribution in [2.24, 2.45) is 0 Å². The molecule has 0 saturated heterocycles. The summed E-state index contributed by atoms with van der Waals surface area (Å²) in [6.07, 6.45) is 3.64. The Morgan fingerprint density at radius 1 is 1.44 bits per heavy atom. The minimum atomic E-state index is 0.710. The van der Waals surface area contributed by atoms with Crippen molar-refractivity contribution in [2.75, 3.05) is 6.61 Å². The molecule has 0 aromatic carbocycles. The van der Waals surface area contributed by atoms with Crippen molar-refractivity contribution < 1.29 is 4.74 Å². The molecule has 88 valence electrons. The van der Waals surface area contributed by atoms with E-state index in [9.17, 15) is 0 Å². The minimum absolute atomic E-state index is 0.710. The van der Waals surface area contributed by atoms with Crippen molar-refractivity contribution in [1.82, 2.24) is 10.3 Å². The molecule has 0 spiro atoms. The lowest BCUT2D eigenvalue weighted by atomic mass is 10.2. The van der Waals surface area contributed by atoms with Crippen LogP contribution in [0.4, 0.5) is 0 Å². The number of ether oxygens (including phenoxy) is 1. The van der Waals surface area contributed by atoms with Crippen LogP contribution in [-0.4, -0.2) is 17.6 Å². The number of nitrogens with zero attached hydrogens (tertiary/aromatic N) is 1. The minimum Gasteiger partial charge on any atom is -0.492 e. The molecule has 0 amide bonds. The van der Waals surface area contributed by atoms with Crippen LogP contribution < -0.4 is 10.1 Å². The van der Waals surface area contributed by atoms with Gasteiger partial charge in [0.15, 0.2) is 0 Å². The van der Waals surface area contributed by atoms with Gasteiger partial charge in [-0.05, 0) is 38.3 Å². The van der Waals surface area contributed by atoms with Crippen LogP contribution in [0.25, 0.3) is 0 Å². The molecule has 1 aliphatic rings. The second kappa shape index (κ2) is 5.30. The SMILES string of the molecule is CCCOc1ccc(C)nc1CNC1CC1. The molecule has 1 fully saturated rings. The lowest BCUT2D eigenvalue weighted by molar-refractivity contribution is 0.311. The maximum atomic E-state index is 5.69. The average Bonchev–Trinajstić information content (AvgIpc) is 3.09. The summed E-state index contributed by atoms with van der Waals surface area (Å²) in [5.74, 6) is 0.931. The predicted octanol–water partition coefficient (Wildman–Crippen LogP) is 2.43. The van der Waals surface area contributed by atoms with Gasteiger partial charge in [-0.2, -0.15) is 0 Å². The molecular formula is C13H20N2O. The van der Waals surface area contributed by atoms with Crippen molar-refractivity contribution in [3.8, 4) is 5.75 Å². The van der Waals surface area contributed by atoms with E-state index in [1.165, 1.54) is 12.8 Å². The van der Waals surface area contributed by atoms with Crippen LogP contribution in [0.1, 0.15) is 37.6 Å². The van der Waals surface area contributed by atoms with Gasteiger partial charge in [0.2, 0.25) is 0 Å². The molecule has 3 nitrogen and oxygen atoms in total. The van der Waals surface area contributed by atoms with Crippen LogP contribution in [0, 0.1) is 6.92 Å². The monoisotopic (exact) mass is 220 g/mol. The van der Waals surface area contributed by atoms with Gasteiger partial charge in [0.25, 0.3) is 0 Å². The third-order valence-electron chi connectivity index (χ3n) is 2.67. The summed E-state index contributed by atoms with van der Waals surface area (Å²) in [6.45, 7) is 5.72. The summed E-state index contributed by atoms with van der Waals surface area (Å²) >= 11 is 0. The van der Waals surface area contributed by atoms with Gasteiger partial charge in [0.1, 0.15) is 5.75 Å². The fraction of sp³-hybridized carbons (Fsp3) is 0.615. The topological polar surface area (TPSA) is 34.1 Å². The van der Waals surface area contributed by atoms with Crippen LogP contribution in [0.2, 0.25) is 0 Å². The first-order valence-electron chi connectivity index (χ1n) is 6.12. The summed E-state index contributed by atoms with van der Waals surface area (Å²) in [4.78, 5) is 4.54. The Kier molecular flexibility index (Phi) is 3.78. The van der Waals surface area contributed by atoms with Gasteiger partial charge >= 0.3 is 0 Å². The summed E-state index contributed by atoms with van der Waals surface area (Å²) in [6, 6.07) is 4.74. The quantitative estimate of drug-likeness (QED) is 0.799. The van der Waals surface area contributed by atoms with Crippen molar-refractivity contribution in [1.29, 1.82) is 0 Å². The summed E-state index contributed by atoms with van der Waals surface area (Å²) in [7, 11) is 0. The third kappa shape index (κ3) is 3.20. The Balaban J connectivity index is 2.01. The molecule has 1 saturated carbocycles. The first-order chi connectivity index (χ1) is 7.79. The number of hydrogen-bond acceptors (Lipinski definition) is 3. The molecule has 0 unspecified atom stereocenters. The molecule has 0 atom stereocenters. The summed E-state index contributed by atoms with van der Waals surface area (Å²) < 4.78 is 5.69. The van der Waals surface area contributed by atoms with E-state index >= 15 is 0 Å². The second-order valence-electron chi connectivity index (χ2n) is 4.40. The van der Waals surface area contributed by atoms with Crippen LogP contribution in [0.5, 0.6) is 5.75 Å². The third-order valence-corrected chi connectivity index (χ3v) is 2.67. The number of nitrogens with one attached hydrogen (secondary N) is 1. The lowest BCUT2D eigenvalue weighted by Crippen LogP contribution is -2.17. The molecule has 1 heterocycles. The molecule has 1 aliphatic carbocycles. The Labute approximate surface area is 97.2 Å². The molecular weight excluding hydrogens is 200 g/mol. The smallest absolute Gasteiger partial charge is 0.142 e. The molecule has 1 N–H and O–H groups in total. The first kappa shape index (κ1) is 11.4. The fourth-order valence-electron chi connectivity index (χ4n) is 1.60. The van der Waals surface area contributed by atoms with E-state index in [0.717, 1.165) is 36.7 Å². The van der Waals surface area contributed by atoms with Crippen LogP contribution in [0.3, 0.4) is 0 Å². The highest BCUT2D eigenvalue weighted by Crippen LogP contribution is 2.22. The van der Waals surface area contributed by atoms with Crippen molar-refractivity contribution in [2.45, 2.75) is 45.7 Å². The van der Waals surface area contributed by atoms with E-state index in [1.807, 2.05) is 19.1 Å². The zero-order valence-electron chi connectivity index (χ0n) is 10.1. The van der Waals surface area contributed by atoms with Crippen LogP contribution >= 0.6 is 0 Å². The Bertz CT molecular complexity index is 348. The number of aromatic nitrogens is 1. The Morgan fingerprint density at radius 2 is 2.25 bits per heavy atom. The van der Waals surface area contributed by atoms with Crippen molar-refractivity contribution >= 4 is 0 Å². The summed E-state index contributed by atoms with van der Waals surface area (Å²) in [5.41, 5.74) is 2.09. The van der Waals surface area contributed by atoms with Gasteiger partial charge < -0.3 is 10.1 Å².